The van der Waals surface area contributed by atoms with Crippen LogP contribution in [0.3, 0.4) is 0 Å². The average molecular weight is 339 g/mol. The van der Waals surface area contributed by atoms with E-state index in [1.165, 1.54) is 19.4 Å². The molecule has 1 amide bonds. The third kappa shape index (κ3) is 4.07. The number of ether oxygens (including phenoxy) is 2. The van der Waals surface area contributed by atoms with E-state index in [1.807, 2.05) is 0 Å². The molecule has 4 atom stereocenters. The molecule has 134 valence electrons. The molecule has 24 heavy (non-hydrogen) atoms. The van der Waals surface area contributed by atoms with Crippen molar-refractivity contribution in [3.05, 3.63) is 11.6 Å². The molecule has 0 bridgehead atoms. The normalized spacial score (nSPS) is 28.9. The van der Waals surface area contributed by atoms with Crippen LogP contribution in [-0.2, 0) is 19.1 Å². The first kappa shape index (κ1) is 18.3. The van der Waals surface area contributed by atoms with Crippen LogP contribution in [0, 0.1) is 17.3 Å². The van der Waals surface area contributed by atoms with Crippen molar-refractivity contribution in [3.8, 4) is 0 Å². The minimum atomic E-state index is -0.981. The molecule has 7 heteroatoms. The number of allylic oxidation sites excluding steroid dienone is 2. The van der Waals surface area contributed by atoms with Gasteiger partial charge < -0.3 is 19.9 Å². The number of carbonyl (C=O) groups is 3. The molecular formula is C17H25NO6. The van der Waals surface area contributed by atoms with E-state index in [2.05, 4.69) is 18.3 Å². The van der Waals surface area contributed by atoms with Crippen molar-refractivity contribution >= 4 is 18.0 Å². The van der Waals surface area contributed by atoms with Crippen molar-refractivity contribution in [2.45, 2.75) is 52.7 Å². The molecular weight excluding hydrogens is 314 g/mol. The SMILES string of the molecule is CCC1=CC2C(C1)CC2(CNC(=O)OC(C)OC(C)=O)CC(=O)O. The number of nitrogens with one attached hydrogen (secondary N) is 1. The average Bonchev–Trinajstić information content (AvgIpc) is 2.80. The number of alkyl carbamates (subject to hydrolysis) is 1. The first-order valence-electron chi connectivity index (χ1n) is 8.29. The van der Waals surface area contributed by atoms with Gasteiger partial charge in [-0.1, -0.05) is 18.6 Å². The van der Waals surface area contributed by atoms with Crippen LogP contribution in [0.4, 0.5) is 4.79 Å². The molecule has 2 rings (SSSR count). The molecule has 4 unspecified atom stereocenters. The van der Waals surface area contributed by atoms with Gasteiger partial charge in [-0.25, -0.2) is 4.79 Å². The quantitative estimate of drug-likeness (QED) is 0.420. The number of hydrogen-bond acceptors (Lipinski definition) is 5. The third-order valence-corrected chi connectivity index (χ3v) is 4.97. The number of carboxylic acid groups (broad SMARTS) is 1. The maximum atomic E-state index is 11.8. The number of rotatable bonds is 7. The fourth-order valence-corrected chi connectivity index (χ4v) is 4.00. The Morgan fingerprint density at radius 2 is 2.12 bits per heavy atom. The minimum Gasteiger partial charge on any atom is -0.481 e. The van der Waals surface area contributed by atoms with Crippen LogP contribution < -0.4 is 5.32 Å². The number of hydrogen-bond donors (Lipinski definition) is 2. The van der Waals surface area contributed by atoms with Gasteiger partial charge in [0, 0.05) is 25.8 Å². The fourth-order valence-electron chi connectivity index (χ4n) is 4.00. The molecule has 0 aromatic rings. The minimum absolute atomic E-state index is 0.0153. The lowest BCUT2D eigenvalue weighted by atomic mass is 9.53. The largest absolute Gasteiger partial charge is 0.481 e. The lowest BCUT2D eigenvalue weighted by Crippen LogP contribution is -2.53. The summed E-state index contributed by atoms with van der Waals surface area (Å²) >= 11 is 0. The maximum Gasteiger partial charge on any atom is 0.410 e. The van der Waals surface area contributed by atoms with E-state index in [-0.39, 0.29) is 18.9 Å². The highest BCUT2D eigenvalue weighted by Crippen LogP contribution is 2.59. The van der Waals surface area contributed by atoms with Crippen molar-refractivity contribution in [3.63, 3.8) is 0 Å². The monoisotopic (exact) mass is 339 g/mol. The zero-order chi connectivity index (χ0) is 17.9. The van der Waals surface area contributed by atoms with E-state index in [4.69, 9.17) is 9.47 Å². The van der Waals surface area contributed by atoms with Gasteiger partial charge in [-0.3, -0.25) is 9.59 Å². The maximum absolute atomic E-state index is 11.8. The van der Waals surface area contributed by atoms with Crippen molar-refractivity contribution in [1.82, 2.24) is 5.32 Å². The summed E-state index contributed by atoms with van der Waals surface area (Å²) in [5.74, 6) is -0.732. The summed E-state index contributed by atoms with van der Waals surface area (Å²) < 4.78 is 9.66. The second kappa shape index (κ2) is 7.23. The van der Waals surface area contributed by atoms with Crippen LogP contribution >= 0.6 is 0 Å². The zero-order valence-corrected chi connectivity index (χ0v) is 14.3. The van der Waals surface area contributed by atoms with E-state index in [9.17, 15) is 19.5 Å². The lowest BCUT2D eigenvalue weighted by molar-refractivity contribution is -0.162. The third-order valence-electron chi connectivity index (χ3n) is 4.97. The summed E-state index contributed by atoms with van der Waals surface area (Å²) in [6.07, 6.45) is 3.29. The number of aliphatic carboxylic acids is 1. The molecule has 7 nitrogen and oxygen atoms in total. The van der Waals surface area contributed by atoms with Gasteiger partial charge in [0.15, 0.2) is 0 Å². The van der Waals surface area contributed by atoms with Gasteiger partial charge >= 0.3 is 18.0 Å². The lowest BCUT2D eigenvalue weighted by Gasteiger charge is -2.51. The van der Waals surface area contributed by atoms with E-state index in [0.717, 1.165) is 19.3 Å². The highest BCUT2D eigenvalue weighted by Gasteiger charge is 2.55. The van der Waals surface area contributed by atoms with Crippen LogP contribution in [0.15, 0.2) is 11.6 Å². The molecule has 2 aliphatic rings. The molecule has 2 aliphatic carbocycles. The first-order chi connectivity index (χ1) is 11.3. The molecule has 0 aliphatic heterocycles. The number of carbonyl (C=O) groups excluding carboxylic acids is 2. The Balaban J connectivity index is 1.94. The van der Waals surface area contributed by atoms with Crippen LogP contribution in [0.2, 0.25) is 0 Å². The van der Waals surface area contributed by atoms with Gasteiger partial charge in [-0.2, -0.15) is 0 Å². The number of fused-ring (bicyclic) bond motifs is 1. The van der Waals surface area contributed by atoms with Gasteiger partial charge in [-0.15, -0.1) is 0 Å². The molecule has 0 heterocycles. The highest BCUT2D eigenvalue weighted by atomic mass is 16.7. The Labute approximate surface area is 141 Å². The Morgan fingerprint density at radius 3 is 2.71 bits per heavy atom. The number of carboxylic acids is 1. The summed E-state index contributed by atoms with van der Waals surface area (Å²) in [5.41, 5.74) is 0.903. The Morgan fingerprint density at radius 1 is 1.42 bits per heavy atom. The number of amides is 1. The summed E-state index contributed by atoms with van der Waals surface area (Å²) in [4.78, 5) is 33.9. The molecule has 2 N–H and O–H groups in total. The molecule has 0 spiro atoms. The van der Waals surface area contributed by atoms with Gasteiger partial charge in [0.1, 0.15) is 0 Å². The summed E-state index contributed by atoms with van der Waals surface area (Å²) in [7, 11) is 0. The van der Waals surface area contributed by atoms with Gasteiger partial charge in [0.2, 0.25) is 6.29 Å². The summed E-state index contributed by atoms with van der Waals surface area (Å²) in [6, 6.07) is 0. The Kier molecular flexibility index (Phi) is 5.51. The van der Waals surface area contributed by atoms with E-state index in [0.29, 0.717) is 5.92 Å². The summed E-state index contributed by atoms with van der Waals surface area (Å²) in [6.45, 7) is 5.01. The van der Waals surface area contributed by atoms with Crippen molar-refractivity contribution in [2.24, 2.45) is 17.3 Å². The Bertz CT molecular complexity index is 557. The molecule has 0 radical (unpaired) electrons. The number of esters is 1. The second-order valence-electron chi connectivity index (χ2n) is 6.74. The Hall–Kier alpha value is -2.05. The molecule has 0 saturated heterocycles. The van der Waals surface area contributed by atoms with Crippen molar-refractivity contribution in [1.29, 1.82) is 0 Å². The van der Waals surface area contributed by atoms with E-state index in [1.54, 1.807) is 0 Å². The first-order valence-corrected chi connectivity index (χ1v) is 8.29. The van der Waals surface area contributed by atoms with Crippen molar-refractivity contribution < 1.29 is 29.0 Å². The topological polar surface area (TPSA) is 102 Å². The molecule has 1 fully saturated rings. The predicted octanol–water partition coefficient (Wildman–Crippen LogP) is 2.46. The second-order valence-corrected chi connectivity index (χ2v) is 6.74. The standard InChI is InChI=1S/C17H25NO6/c1-4-12-5-13-7-17(8-15(20)21,14(13)6-12)9-18-16(22)24-11(3)23-10(2)19/h6,11,13-14H,4-5,7-9H2,1-3H3,(H,18,22)(H,20,21). The van der Waals surface area contributed by atoms with E-state index < -0.39 is 29.7 Å². The molecule has 1 saturated carbocycles. The van der Waals surface area contributed by atoms with Gasteiger partial charge in [-0.05, 0) is 31.1 Å². The molecule has 0 aromatic carbocycles. The van der Waals surface area contributed by atoms with Gasteiger partial charge in [0.05, 0.1) is 6.42 Å². The predicted molar refractivity (Wildman–Crippen MR) is 85.0 cm³/mol. The summed E-state index contributed by atoms with van der Waals surface area (Å²) in [5, 5.41) is 11.9. The molecule has 0 aromatic heterocycles. The van der Waals surface area contributed by atoms with Crippen LogP contribution in [0.5, 0.6) is 0 Å². The van der Waals surface area contributed by atoms with E-state index >= 15 is 0 Å². The van der Waals surface area contributed by atoms with Crippen molar-refractivity contribution in [2.75, 3.05) is 6.54 Å². The van der Waals surface area contributed by atoms with Crippen LogP contribution in [0.25, 0.3) is 0 Å². The van der Waals surface area contributed by atoms with Crippen LogP contribution in [0.1, 0.15) is 46.5 Å². The zero-order valence-electron chi connectivity index (χ0n) is 14.3. The smallest absolute Gasteiger partial charge is 0.410 e. The fraction of sp³-hybridized carbons (Fsp3) is 0.706. The van der Waals surface area contributed by atoms with Crippen LogP contribution in [-0.4, -0.2) is 36.0 Å². The van der Waals surface area contributed by atoms with Gasteiger partial charge in [0.25, 0.3) is 0 Å². The highest BCUT2D eigenvalue weighted by molar-refractivity contribution is 5.70.